The van der Waals surface area contributed by atoms with Gasteiger partial charge in [-0.15, -0.1) is 0 Å². The number of aryl methyl sites for hydroxylation is 2. The molecular formula is C30H40FN3O4. The van der Waals surface area contributed by atoms with Crippen LogP contribution in [0.15, 0.2) is 30.3 Å². The number of pyridine rings is 1. The van der Waals surface area contributed by atoms with Gasteiger partial charge in [0.2, 0.25) is 0 Å². The first-order valence-corrected chi connectivity index (χ1v) is 14.2. The van der Waals surface area contributed by atoms with Gasteiger partial charge in [0, 0.05) is 38.5 Å². The van der Waals surface area contributed by atoms with Gasteiger partial charge in [0.15, 0.2) is 0 Å². The van der Waals surface area contributed by atoms with Crippen LogP contribution in [0, 0.1) is 5.82 Å². The number of rotatable bonds is 10. The lowest BCUT2D eigenvalue weighted by atomic mass is 9.92. The van der Waals surface area contributed by atoms with Gasteiger partial charge in [-0.2, -0.15) is 0 Å². The number of methoxy groups -OCH3 is 1. The third-order valence-electron chi connectivity index (χ3n) is 7.97. The SMILES string of the molecule is COC(=O)C(c1cc(F)ccc1C1CCCCO1)N1CCC(OCCCCc2ccc3c(n2)NCCC3)C1. The molecule has 7 nitrogen and oxygen atoms in total. The number of carbonyl (C=O) groups is 1. The van der Waals surface area contributed by atoms with E-state index in [4.69, 9.17) is 19.2 Å². The minimum atomic E-state index is -0.673. The first-order valence-electron chi connectivity index (χ1n) is 14.2. The predicted molar refractivity (Wildman–Crippen MR) is 144 cm³/mol. The lowest BCUT2D eigenvalue weighted by Crippen LogP contribution is -2.35. The Bertz CT molecular complexity index is 1090. The van der Waals surface area contributed by atoms with Crippen LogP contribution < -0.4 is 5.32 Å². The number of likely N-dealkylation sites (tertiary alicyclic amines) is 1. The fourth-order valence-electron chi connectivity index (χ4n) is 5.94. The molecule has 1 aromatic heterocycles. The number of nitrogens with zero attached hydrogens (tertiary/aromatic N) is 2. The lowest BCUT2D eigenvalue weighted by Gasteiger charge is -2.31. The van der Waals surface area contributed by atoms with E-state index < -0.39 is 6.04 Å². The molecule has 4 heterocycles. The normalized spacial score (nSPS) is 22.5. The Morgan fingerprint density at radius 3 is 2.97 bits per heavy atom. The van der Waals surface area contributed by atoms with E-state index in [1.807, 2.05) is 0 Å². The maximum Gasteiger partial charge on any atom is 0.327 e. The van der Waals surface area contributed by atoms with Crippen LogP contribution in [0.1, 0.15) is 79.5 Å². The van der Waals surface area contributed by atoms with Gasteiger partial charge in [-0.25, -0.2) is 14.2 Å². The molecule has 2 saturated heterocycles. The smallest absolute Gasteiger partial charge is 0.327 e. The zero-order valence-corrected chi connectivity index (χ0v) is 22.4. The fraction of sp³-hybridized carbons (Fsp3) is 0.600. The van der Waals surface area contributed by atoms with Crippen LogP contribution in [-0.2, 0) is 31.8 Å². The van der Waals surface area contributed by atoms with Gasteiger partial charge in [0.05, 0.1) is 19.3 Å². The van der Waals surface area contributed by atoms with Crippen molar-refractivity contribution in [2.24, 2.45) is 0 Å². The maximum absolute atomic E-state index is 14.4. The van der Waals surface area contributed by atoms with Gasteiger partial charge in [-0.05, 0) is 92.7 Å². The second-order valence-electron chi connectivity index (χ2n) is 10.6. The van der Waals surface area contributed by atoms with E-state index in [1.165, 1.54) is 31.2 Å². The van der Waals surface area contributed by atoms with Gasteiger partial charge in [-0.3, -0.25) is 4.90 Å². The summed E-state index contributed by atoms with van der Waals surface area (Å²) >= 11 is 0. The summed E-state index contributed by atoms with van der Waals surface area (Å²) in [7, 11) is 1.39. The molecule has 3 unspecified atom stereocenters. The summed E-state index contributed by atoms with van der Waals surface area (Å²) in [6.07, 6.45) is 8.88. The molecule has 8 heteroatoms. The molecular weight excluding hydrogens is 485 g/mol. The van der Waals surface area contributed by atoms with E-state index in [0.717, 1.165) is 75.0 Å². The lowest BCUT2D eigenvalue weighted by molar-refractivity contribution is -0.147. The quantitative estimate of drug-likeness (QED) is 0.340. The number of nitrogens with one attached hydrogen (secondary N) is 1. The number of esters is 1. The molecule has 3 aliphatic rings. The number of hydrogen-bond acceptors (Lipinski definition) is 7. The number of carbonyl (C=O) groups excluding carboxylic acids is 1. The average Bonchev–Trinajstić information content (AvgIpc) is 3.41. The molecule has 0 radical (unpaired) electrons. The van der Waals surface area contributed by atoms with Crippen LogP contribution in [0.5, 0.6) is 0 Å². The molecule has 1 N–H and O–H groups in total. The summed E-state index contributed by atoms with van der Waals surface area (Å²) in [4.78, 5) is 19.8. The van der Waals surface area contributed by atoms with Gasteiger partial charge < -0.3 is 19.5 Å². The molecule has 2 aromatic rings. The number of fused-ring (bicyclic) bond motifs is 1. The number of aromatic nitrogens is 1. The Morgan fingerprint density at radius 1 is 1.21 bits per heavy atom. The highest BCUT2D eigenvalue weighted by molar-refractivity contribution is 5.78. The minimum absolute atomic E-state index is 0.0381. The van der Waals surface area contributed by atoms with Crippen LogP contribution in [0.2, 0.25) is 0 Å². The number of benzene rings is 1. The van der Waals surface area contributed by atoms with Gasteiger partial charge in [0.25, 0.3) is 0 Å². The van der Waals surface area contributed by atoms with Crippen molar-refractivity contribution in [3.63, 3.8) is 0 Å². The molecule has 38 heavy (non-hydrogen) atoms. The van der Waals surface area contributed by atoms with Gasteiger partial charge >= 0.3 is 5.97 Å². The molecule has 1 aromatic carbocycles. The molecule has 0 aliphatic carbocycles. The van der Waals surface area contributed by atoms with E-state index in [-0.39, 0.29) is 24.0 Å². The molecule has 0 spiro atoms. The number of anilines is 1. The van der Waals surface area contributed by atoms with Crippen molar-refractivity contribution in [1.29, 1.82) is 0 Å². The summed E-state index contributed by atoms with van der Waals surface area (Å²) in [6.45, 7) is 3.66. The number of hydrogen-bond donors (Lipinski definition) is 1. The van der Waals surface area contributed by atoms with Crippen LogP contribution >= 0.6 is 0 Å². The Kier molecular flexibility index (Phi) is 9.25. The molecule has 2 fully saturated rings. The summed E-state index contributed by atoms with van der Waals surface area (Å²) in [5, 5.41) is 3.40. The van der Waals surface area contributed by atoms with Crippen LogP contribution in [0.25, 0.3) is 0 Å². The van der Waals surface area contributed by atoms with Gasteiger partial charge in [-0.1, -0.05) is 12.1 Å². The van der Waals surface area contributed by atoms with E-state index in [0.29, 0.717) is 31.9 Å². The second kappa shape index (κ2) is 13.0. The highest BCUT2D eigenvalue weighted by atomic mass is 19.1. The Hall–Kier alpha value is -2.55. The van der Waals surface area contributed by atoms with Crippen LogP contribution in [0.4, 0.5) is 10.2 Å². The van der Waals surface area contributed by atoms with Crippen molar-refractivity contribution in [3.05, 3.63) is 58.5 Å². The first kappa shape index (κ1) is 27.0. The summed E-state index contributed by atoms with van der Waals surface area (Å²) < 4.78 is 31.8. The Balaban J connectivity index is 1.15. The van der Waals surface area contributed by atoms with Crippen LogP contribution in [0.3, 0.4) is 0 Å². The molecule has 0 bridgehead atoms. The average molecular weight is 526 g/mol. The Morgan fingerprint density at radius 2 is 2.13 bits per heavy atom. The number of ether oxygens (including phenoxy) is 3. The Labute approximate surface area is 225 Å². The molecule has 3 aliphatic heterocycles. The molecule has 5 rings (SSSR count). The standard InChI is InChI=1S/C30H40FN3O4/c1-36-30(35)28(26-19-22(31)11-13-25(26)27-9-3-5-18-38-27)34-16-14-24(20-34)37-17-4-2-8-23-12-10-21-7-6-15-32-29(21)33-23/h10-13,19,24,27-28H,2-9,14-18,20H2,1H3,(H,32,33). The summed E-state index contributed by atoms with van der Waals surface area (Å²) in [5.41, 5.74) is 3.98. The van der Waals surface area contributed by atoms with Gasteiger partial charge in [0.1, 0.15) is 17.7 Å². The van der Waals surface area contributed by atoms with Crippen molar-refractivity contribution in [2.75, 3.05) is 45.3 Å². The summed E-state index contributed by atoms with van der Waals surface area (Å²) in [5.74, 6) is 0.317. The fourth-order valence-corrected chi connectivity index (χ4v) is 5.94. The van der Waals surface area contributed by atoms with E-state index in [1.54, 1.807) is 6.07 Å². The van der Waals surface area contributed by atoms with E-state index >= 15 is 0 Å². The highest BCUT2D eigenvalue weighted by Crippen LogP contribution is 2.37. The topological polar surface area (TPSA) is 72.9 Å². The number of unbranched alkanes of at least 4 members (excludes halogenated alkanes) is 1. The van der Waals surface area contributed by atoms with E-state index in [9.17, 15) is 9.18 Å². The predicted octanol–water partition coefficient (Wildman–Crippen LogP) is 5.15. The monoisotopic (exact) mass is 525 g/mol. The van der Waals surface area contributed by atoms with Crippen molar-refractivity contribution in [3.8, 4) is 0 Å². The number of halogens is 1. The molecule has 3 atom stereocenters. The van der Waals surface area contributed by atoms with Crippen molar-refractivity contribution in [1.82, 2.24) is 9.88 Å². The molecule has 0 saturated carbocycles. The van der Waals surface area contributed by atoms with Crippen molar-refractivity contribution in [2.45, 2.75) is 76.0 Å². The van der Waals surface area contributed by atoms with E-state index in [2.05, 4.69) is 22.3 Å². The molecule has 0 amide bonds. The highest BCUT2D eigenvalue weighted by Gasteiger charge is 2.37. The molecule has 206 valence electrons. The maximum atomic E-state index is 14.4. The first-order chi connectivity index (χ1) is 18.6. The largest absolute Gasteiger partial charge is 0.468 e. The summed E-state index contributed by atoms with van der Waals surface area (Å²) in [6, 6.07) is 8.38. The third-order valence-corrected chi connectivity index (χ3v) is 7.97. The van der Waals surface area contributed by atoms with Crippen LogP contribution in [-0.4, -0.2) is 61.9 Å². The zero-order valence-electron chi connectivity index (χ0n) is 22.4. The third kappa shape index (κ3) is 6.53. The van der Waals surface area contributed by atoms with Crippen molar-refractivity contribution >= 4 is 11.8 Å². The second-order valence-corrected chi connectivity index (χ2v) is 10.6. The zero-order chi connectivity index (χ0) is 26.3. The van der Waals surface area contributed by atoms with Crippen molar-refractivity contribution < 1.29 is 23.4 Å². The minimum Gasteiger partial charge on any atom is -0.468 e.